The van der Waals surface area contributed by atoms with Crippen LogP contribution in [0.3, 0.4) is 0 Å². The largest absolute Gasteiger partial charge is 0.342 e. The predicted molar refractivity (Wildman–Crippen MR) is 112 cm³/mol. The van der Waals surface area contributed by atoms with Crippen LogP contribution < -0.4 is 0 Å². The third-order valence-corrected chi connectivity index (χ3v) is 6.50. The van der Waals surface area contributed by atoms with E-state index in [2.05, 4.69) is 11.9 Å². The quantitative estimate of drug-likeness (QED) is 0.803. The second kappa shape index (κ2) is 8.36. The number of carbonyl (C=O) groups is 2. The van der Waals surface area contributed by atoms with Crippen LogP contribution in [0.25, 0.3) is 0 Å². The highest BCUT2D eigenvalue weighted by molar-refractivity contribution is 5.84. The Morgan fingerprint density at radius 1 is 0.966 bits per heavy atom. The Kier molecular flexibility index (Phi) is 5.65. The second-order valence-corrected chi connectivity index (χ2v) is 8.51. The lowest BCUT2D eigenvalue weighted by Gasteiger charge is -2.46. The molecule has 0 saturated carbocycles. The van der Waals surface area contributed by atoms with Crippen LogP contribution in [0.15, 0.2) is 48.8 Å². The zero-order chi connectivity index (χ0) is 20.3. The molecule has 5 nitrogen and oxygen atoms in total. The molecule has 29 heavy (non-hydrogen) atoms. The van der Waals surface area contributed by atoms with Crippen LogP contribution in [-0.4, -0.2) is 46.2 Å². The Bertz CT molecular complexity index is 855. The Hall–Kier alpha value is -2.69. The molecule has 2 aliphatic heterocycles. The van der Waals surface area contributed by atoms with E-state index in [4.69, 9.17) is 0 Å². The Labute approximate surface area is 172 Å². The minimum absolute atomic E-state index is 0.167. The van der Waals surface area contributed by atoms with Gasteiger partial charge in [0.2, 0.25) is 11.8 Å². The number of likely N-dealkylation sites (tertiary alicyclic amines) is 2. The molecule has 2 aromatic rings. The Morgan fingerprint density at radius 2 is 1.66 bits per heavy atom. The van der Waals surface area contributed by atoms with Gasteiger partial charge in [-0.25, -0.2) is 0 Å². The summed E-state index contributed by atoms with van der Waals surface area (Å²) < 4.78 is 0. The molecule has 0 N–H and O–H groups in total. The summed E-state index contributed by atoms with van der Waals surface area (Å²) in [5.41, 5.74) is 3.09. The van der Waals surface area contributed by atoms with E-state index in [-0.39, 0.29) is 17.2 Å². The van der Waals surface area contributed by atoms with Crippen LogP contribution in [0.1, 0.15) is 42.4 Å². The van der Waals surface area contributed by atoms with Crippen molar-refractivity contribution in [3.05, 3.63) is 65.5 Å². The maximum atomic E-state index is 13.3. The summed E-state index contributed by atoms with van der Waals surface area (Å²) in [7, 11) is 0. The number of piperidine rings is 2. The van der Waals surface area contributed by atoms with Crippen molar-refractivity contribution in [2.75, 3.05) is 19.6 Å². The molecule has 1 aromatic heterocycles. The van der Waals surface area contributed by atoms with Gasteiger partial charge in [0.25, 0.3) is 0 Å². The molecule has 1 spiro atoms. The van der Waals surface area contributed by atoms with Crippen molar-refractivity contribution >= 4 is 11.8 Å². The van der Waals surface area contributed by atoms with Gasteiger partial charge in [0.15, 0.2) is 0 Å². The summed E-state index contributed by atoms with van der Waals surface area (Å²) in [6.07, 6.45) is 7.52. The smallest absolute Gasteiger partial charge is 0.229 e. The number of nitrogens with zero attached hydrogens (tertiary/aromatic N) is 3. The monoisotopic (exact) mass is 391 g/mol. The van der Waals surface area contributed by atoms with Gasteiger partial charge in [0.05, 0.1) is 11.8 Å². The molecular weight excluding hydrogens is 362 g/mol. The number of hydrogen-bond acceptors (Lipinski definition) is 3. The van der Waals surface area contributed by atoms with Crippen LogP contribution in [-0.2, 0) is 22.6 Å². The van der Waals surface area contributed by atoms with E-state index in [0.717, 1.165) is 43.4 Å². The van der Waals surface area contributed by atoms with Crippen molar-refractivity contribution in [3.8, 4) is 0 Å². The fraction of sp³-hybridized carbons (Fsp3) is 0.458. The van der Waals surface area contributed by atoms with E-state index in [9.17, 15) is 9.59 Å². The highest BCUT2D eigenvalue weighted by Crippen LogP contribution is 2.41. The first kappa shape index (κ1) is 19.6. The topological polar surface area (TPSA) is 53.5 Å². The molecule has 2 fully saturated rings. The first-order valence-corrected chi connectivity index (χ1v) is 10.6. The number of aryl methyl sites for hydroxylation is 1. The maximum Gasteiger partial charge on any atom is 0.229 e. The van der Waals surface area contributed by atoms with Gasteiger partial charge in [0, 0.05) is 38.6 Å². The number of aromatic nitrogens is 1. The lowest BCUT2D eigenvalue weighted by molar-refractivity contribution is -0.153. The summed E-state index contributed by atoms with van der Waals surface area (Å²) in [6, 6.07) is 12.1. The molecule has 4 rings (SSSR count). The van der Waals surface area contributed by atoms with Crippen molar-refractivity contribution in [1.29, 1.82) is 0 Å². The number of amides is 2. The molecule has 0 atom stereocenters. The zero-order valence-corrected chi connectivity index (χ0v) is 17.1. The van der Waals surface area contributed by atoms with Crippen molar-refractivity contribution < 1.29 is 9.59 Å². The van der Waals surface area contributed by atoms with Crippen LogP contribution in [0.2, 0.25) is 0 Å². The van der Waals surface area contributed by atoms with E-state index in [1.807, 2.05) is 46.2 Å². The second-order valence-electron chi connectivity index (χ2n) is 8.51. The number of benzene rings is 1. The van der Waals surface area contributed by atoms with Gasteiger partial charge >= 0.3 is 0 Å². The average molecular weight is 392 g/mol. The van der Waals surface area contributed by atoms with Gasteiger partial charge in [-0.2, -0.15) is 0 Å². The van der Waals surface area contributed by atoms with Gasteiger partial charge in [-0.3, -0.25) is 14.6 Å². The van der Waals surface area contributed by atoms with Crippen molar-refractivity contribution in [1.82, 2.24) is 14.8 Å². The summed E-state index contributed by atoms with van der Waals surface area (Å²) in [6.45, 7) is 4.88. The summed E-state index contributed by atoms with van der Waals surface area (Å²) >= 11 is 0. The summed E-state index contributed by atoms with van der Waals surface area (Å²) in [5.74, 6) is 0.437. The lowest BCUT2D eigenvalue weighted by atomic mass is 9.71. The molecule has 152 valence electrons. The maximum absolute atomic E-state index is 13.3. The highest BCUT2D eigenvalue weighted by Gasteiger charge is 2.46. The summed E-state index contributed by atoms with van der Waals surface area (Å²) in [5, 5.41) is 0. The Balaban J connectivity index is 1.36. The minimum atomic E-state index is -0.286. The number of pyridine rings is 1. The molecule has 5 heteroatoms. The molecule has 2 aliphatic rings. The first-order valence-electron chi connectivity index (χ1n) is 10.6. The normalized spacial score (nSPS) is 18.9. The fourth-order valence-electron chi connectivity index (χ4n) is 4.65. The Morgan fingerprint density at radius 3 is 2.34 bits per heavy atom. The van der Waals surface area contributed by atoms with Crippen LogP contribution >= 0.6 is 0 Å². The van der Waals surface area contributed by atoms with Gasteiger partial charge in [-0.1, -0.05) is 29.8 Å². The van der Waals surface area contributed by atoms with E-state index in [1.165, 1.54) is 5.56 Å². The predicted octanol–water partition coefficient (Wildman–Crippen LogP) is 3.36. The third kappa shape index (κ3) is 4.34. The molecule has 0 bridgehead atoms. The van der Waals surface area contributed by atoms with Gasteiger partial charge < -0.3 is 9.80 Å². The summed E-state index contributed by atoms with van der Waals surface area (Å²) in [4.78, 5) is 34.1. The molecule has 2 amide bonds. The van der Waals surface area contributed by atoms with E-state index in [1.54, 1.807) is 12.4 Å². The van der Waals surface area contributed by atoms with E-state index >= 15 is 0 Å². The molecule has 0 aliphatic carbocycles. The standard InChI is InChI=1S/C24H29N3O2/c1-19-3-5-20(6-4-19)17-22(28)26-15-10-24(11-16-26)9-2-14-27(23(24)29)18-21-7-12-25-13-8-21/h3-8,12-13H,2,9-11,14-18H2,1H3. The molecule has 0 unspecified atom stereocenters. The van der Waals surface area contributed by atoms with Crippen LogP contribution in [0.5, 0.6) is 0 Å². The average Bonchev–Trinajstić information content (AvgIpc) is 2.74. The van der Waals surface area contributed by atoms with Crippen molar-refractivity contribution in [3.63, 3.8) is 0 Å². The number of hydrogen-bond donors (Lipinski definition) is 0. The lowest BCUT2D eigenvalue weighted by Crippen LogP contribution is -2.54. The molecule has 2 saturated heterocycles. The molecular formula is C24H29N3O2. The molecule has 0 radical (unpaired) electrons. The SMILES string of the molecule is Cc1ccc(CC(=O)N2CCC3(CCCN(Cc4ccncc4)C3=O)CC2)cc1. The minimum Gasteiger partial charge on any atom is -0.342 e. The zero-order valence-electron chi connectivity index (χ0n) is 17.1. The fourth-order valence-corrected chi connectivity index (χ4v) is 4.65. The van der Waals surface area contributed by atoms with Gasteiger partial charge in [-0.05, 0) is 55.9 Å². The van der Waals surface area contributed by atoms with E-state index in [0.29, 0.717) is 26.1 Å². The molecule has 1 aromatic carbocycles. The third-order valence-electron chi connectivity index (χ3n) is 6.50. The van der Waals surface area contributed by atoms with Crippen LogP contribution in [0, 0.1) is 12.3 Å². The van der Waals surface area contributed by atoms with Crippen LogP contribution in [0.4, 0.5) is 0 Å². The first-order chi connectivity index (χ1) is 14.1. The number of rotatable bonds is 4. The van der Waals surface area contributed by atoms with Gasteiger partial charge in [-0.15, -0.1) is 0 Å². The highest BCUT2D eigenvalue weighted by atomic mass is 16.2. The number of carbonyl (C=O) groups excluding carboxylic acids is 2. The van der Waals surface area contributed by atoms with Gasteiger partial charge in [0.1, 0.15) is 0 Å². The van der Waals surface area contributed by atoms with Crippen molar-refractivity contribution in [2.45, 2.75) is 45.6 Å². The molecule has 3 heterocycles. The van der Waals surface area contributed by atoms with Crippen molar-refractivity contribution in [2.24, 2.45) is 5.41 Å². The van der Waals surface area contributed by atoms with E-state index < -0.39 is 0 Å².